The molecule has 0 atom stereocenters. The summed E-state index contributed by atoms with van der Waals surface area (Å²) >= 11 is 9.52. The molecule has 4 aromatic rings. The molecule has 7 nitrogen and oxygen atoms in total. The Hall–Kier alpha value is -3.62. The van der Waals surface area contributed by atoms with Crippen LogP contribution in [0.4, 0.5) is 5.69 Å². The molecule has 1 aromatic heterocycles. The molecule has 0 aliphatic heterocycles. The lowest BCUT2D eigenvalue weighted by atomic mass is 10.2. The van der Waals surface area contributed by atoms with Gasteiger partial charge in [-0.15, -0.1) is 0 Å². The Bertz CT molecular complexity index is 1370. The molecule has 0 bridgehead atoms. The zero-order valence-corrected chi connectivity index (χ0v) is 23.3. The van der Waals surface area contributed by atoms with Gasteiger partial charge in [0.15, 0.2) is 17.3 Å². The Morgan fingerprint density at radius 1 is 0.816 bits per heavy atom. The summed E-state index contributed by atoms with van der Waals surface area (Å²) in [5.41, 5.74) is 1.56. The fraction of sp³-hybridized carbons (Fsp3) is 0.207. The van der Waals surface area contributed by atoms with Gasteiger partial charge in [-0.2, -0.15) is 0 Å². The van der Waals surface area contributed by atoms with E-state index in [4.69, 9.17) is 35.0 Å². The Morgan fingerprint density at radius 3 is 2.29 bits per heavy atom. The van der Waals surface area contributed by atoms with Crippen LogP contribution in [0.3, 0.4) is 0 Å². The van der Waals surface area contributed by atoms with E-state index in [9.17, 15) is 4.79 Å². The zero-order chi connectivity index (χ0) is 26.9. The molecule has 1 N–H and O–H groups in total. The van der Waals surface area contributed by atoms with Crippen LogP contribution >= 0.6 is 27.5 Å². The lowest BCUT2D eigenvalue weighted by molar-refractivity contribution is 0.0992. The van der Waals surface area contributed by atoms with Crippen molar-refractivity contribution in [3.8, 4) is 23.0 Å². The molecule has 3 aromatic carbocycles. The molecule has 9 heteroatoms. The summed E-state index contributed by atoms with van der Waals surface area (Å²) < 4.78 is 29.4. The monoisotopic (exact) mass is 599 g/mol. The van der Waals surface area contributed by atoms with Crippen molar-refractivity contribution in [3.63, 3.8) is 0 Å². The number of hydrogen-bond acceptors (Lipinski definition) is 6. The lowest BCUT2D eigenvalue weighted by Crippen LogP contribution is -2.10. The number of carbonyl (C=O) groups is 1. The Labute approximate surface area is 234 Å². The minimum Gasteiger partial charge on any atom is -0.490 e. The van der Waals surface area contributed by atoms with E-state index in [2.05, 4.69) is 21.2 Å². The molecule has 1 heterocycles. The quantitative estimate of drug-likeness (QED) is 0.178. The number of anilines is 1. The maximum atomic E-state index is 12.6. The highest BCUT2D eigenvalue weighted by atomic mass is 79.9. The molecule has 0 saturated heterocycles. The van der Waals surface area contributed by atoms with Gasteiger partial charge in [0.2, 0.25) is 0 Å². The number of benzene rings is 3. The van der Waals surface area contributed by atoms with Crippen molar-refractivity contribution in [2.45, 2.75) is 27.1 Å². The van der Waals surface area contributed by atoms with Crippen LogP contribution in [0.5, 0.6) is 23.0 Å². The second-order valence-corrected chi connectivity index (χ2v) is 9.37. The van der Waals surface area contributed by atoms with Crippen molar-refractivity contribution in [1.82, 2.24) is 0 Å². The summed E-state index contributed by atoms with van der Waals surface area (Å²) in [4.78, 5) is 12.6. The molecule has 38 heavy (non-hydrogen) atoms. The van der Waals surface area contributed by atoms with Crippen molar-refractivity contribution in [2.24, 2.45) is 0 Å². The molecule has 198 valence electrons. The number of ether oxygens (including phenoxy) is 4. The van der Waals surface area contributed by atoms with E-state index in [1.54, 1.807) is 48.5 Å². The predicted octanol–water partition coefficient (Wildman–Crippen LogP) is 7.90. The van der Waals surface area contributed by atoms with Crippen LogP contribution in [-0.4, -0.2) is 19.1 Å². The third kappa shape index (κ3) is 7.46. The second-order valence-electron chi connectivity index (χ2n) is 8.04. The molecule has 0 saturated carbocycles. The van der Waals surface area contributed by atoms with E-state index >= 15 is 0 Å². The van der Waals surface area contributed by atoms with E-state index in [1.807, 2.05) is 38.1 Å². The van der Waals surface area contributed by atoms with E-state index in [1.165, 1.54) is 0 Å². The number of rotatable bonds is 12. The summed E-state index contributed by atoms with van der Waals surface area (Å²) in [7, 11) is 0. The van der Waals surface area contributed by atoms with Crippen LogP contribution in [0.15, 0.2) is 81.7 Å². The molecular weight excluding hydrogens is 574 g/mol. The van der Waals surface area contributed by atoms with Crippen LogP contribution in [0, 0.1) is 0 Å². The van der Waals surface area contributed by atoms with Gasteiger partial charge in [0.05, 0.1) is 18.2 Å². The SMILES string of the molecule is CCOc1ccc(COc2ccc(NC(=O)c3ccc(COc4ccc(Br)cc4Cl)o3)cc2)cc1OCC. The standard InChI is InChI=1S/C29H27BrClNO6/c1-3-34-26-12-5-19(15-28(26)35-4-2)17-36-22-9-7-21(8-10-22)32-29(33)27-14-11-23(38-27)18-37-25-13-6-20(30)16-24(25)31/h5-16H,3-4,17-18H2,1-2H3,(H,32,33). The van der Waals surface area contributed by atoms with Gasteiger partial charge in [0.1, 0.15) is 30.5 Å². The van der Waals surface area contributed by atoms with Crippen molar-refractivity contribution in [3.05, 3.63) is 99.4 Å². The van der Waals surface area contributed by atoms with E-state index < -0.39 is 0 Å². The first-order valence-corrected chi connectivity index (χ1v) is 13.2. The highest BCUT2D eigenvalue weighted by molar-refractivity contribution is 9.10. The lowest BCUT2D eigenvalue weighted by Gasteiger charge is -2.13. The van der Waals surface area contributed by atoms with Crippen LogP contribution in [0.25, 0.3) is 0 Å². The fourth-order valence-corrected chi connectivity index (χ4v) is 4.23. The summed E-state index contributed by atoms with van der Waals surface area (Å²) in [5, 5.41) is 3.29. The normalized spacial score (nSPS) is 10.6. The first kappa shape index (κ1) is 27.4. The number of carbonyl (C=O) groups excluding carboxylic acids is 1. The average Bonchev–Trinajstić information content (AvgIpc) is 3.39. The third-order valence-corrected chi connectivity index (χ3v) is 6.06. The van der Waals surface area contributed by atoms with E-state index in [-0.39, 0.29) is 18.3 Å². The minimum absolute atomic E-state index is 0.140. The Balaban J connectivity index is 1.29. The van der Waals surface area contributed by atoms with Crippen LogP contribution in [0.1, 0.15) is 35.7 Å². The smallest absolute Gasteiger partial charge is 0.291 e. The summed E-state index contributed by atoms with van der Waals surface area (Å²) in [6.07, 6.45) is 0. The number of hydrogen-bond donors (Lipinski definition) is 1. The van der Waals surface area contributed by atoms with E-state index in [0.717, 1.165) is 10.0 Å². The minimum atomic E-state index is -0.371. The largest absolute Gasteiger partial charge is 0.490 e. The third-order valence-electron chi connectivity index (χ3n) is 5.27. The molecule has 4 rings (SSSR count). The molecule has 0 aliphatic rings. The zero-order valence-electron chi connectivity index (χ0n) is 21.0. The molecule has 0 aliphatic carbocycles. The van der Waals surface area contributed by atoms with Crippen molar-refractivity contribution >= 4 is 39.1 Å². The molecule has 0 radical (unpaired) electrons. The number of furan rings is 1. The number of halogens is 2. The van der Waals surface area contributed by atoms with E-state index in [0.29, 0.717) is 59.3 Å². The van der Waals surface area contributed by atoms with Crippen LogP contribution < -0.4 is 24.3 Å². The van der Waals surface area contributed by atoms with Gasteiger partial charge in [-0.3, -0.25) is 4.79 Å². The Morgan fingerprint density at radius 2 is 1.55 bits per heavy atom. The summed E-state index contributed by atoms with van der Waals surface area (Å²) in [6.45, 7) is 5.48. The van der Waals surface area contributed by atoms with Gasteiger partial charge in [0.25, 0.3) is 5.91 Å². The summed E-state index contributed by atoms with van der Waals surface area (Å²) in [6, 6.07) is 21.5. The highest BCUT2D eigenvalue weighted by Gasteiger charge is 2.13. The van der Waals surface area contributed by atoms with Gasteiger partial charge >= 0.3 is 0 Å². The molecule has 0 unspecified atom stereocenters. The average molecular weight is 601 g/mol. The Kier molecular flexibility index (Phi) is 9.56. The van der Waals surface area contributed by atoms with Crippen LogP contribution in [-0.2, 0) is 13.2 Å². The van der Waals surface area contributed by atoms with Gasteiger partial charge in [-0.1, -0.05) is 33.6 Å². The van der Waals surface area contributed by atoms with Gasteiger partial charge in [-0.05, 0) is 86.1 Å². The maximum absolute atomic E-state index is 12.6. The van der Waals surface area contributed by atoms with Crippen molar-refractivity contribution in [1.29, 1.82) is 0 Å². The summed E-state index contributed by atoms with van der Waals surface area (Å²) in [5.74, 6) is 2.90. The first-order valence-electron chi connectivity index (χ1n) is 12.0. The molecular formula is C29H27BrClNO6. The van der Waals surface area contributed by atoms with Crippen molar-refractivity contribution < 1.29 is 28.2 Å². The first-order chi connectivity index (χ1) is 18.4. The fourth-order valence-electron chi connectivity index (χ4n) is 3.50. The number of nitrogens with one attached hydrogen (secondary N) is 1. The maximum Gasteiger partial charge on any atom is 0.291 e. The molecule has 0 fully saturated rings. The number of amides is 1. The second kappa shape index (κ2) is 13.3. The molecule has 0 spiro atoms. The highest BCUT2D eigenvalue weighted by Crippen LogP contribution is 2.30. The predicted molar refractivity (Wildman–Crippen MR) is 150 cm³/mol. The van der Waals surface area contributed by atoms with Gasteiger partial charge < -0.3 is 28.7 Å². The van der Waals surface area contributed by atoms with Crippen LogP contribution in [0.2, 0.25) is 5.02 Å². The van der Waals surface area contributed by atoms with Gasteiger partial charge in [0, 0.05) is 10.2 Å². The molecule has 1 amide bonds. The topological polar surface area (TPSA) is 79.2 Å². The van der Waals surface area contributed by atoms with Gasteiger partial charge in [-0.25, -0.2) is 0 Å². The van der Waals surface area contributed by atoms with Crippen molar-refractivity contribution in [2.75, 3.05) is 18.5 Å².